The second kappa shape index (κ2) is 14.0. The predicted molar refractivity (Wildman–Crippen MR) is 175 cm³/mol. The highest BCUT2D eigenvalue weighted by Gasteiger charge is 2.44. The number of aryl methyl sites for hydroxylation is 2. The van der Waals surface area contributed by atoms with Crippen molar-refractivity contribution in [2.75, 3.05) is 0 Å². The molecule has 0 heterocycles. The fourth-order valence-corrected chi connectivity index (χ4v) is 5.42. The van der Waals surface area contributed by atoms with Crippen molar-refractivity contribution in [3.8, 4) is 0 Å². The second-order valence-electron chi connectivity index (χ2n) is 9.22. The average Bonchev–Trinajstić information content (AvgIpc) is 3.01. The Morgan fingerprint density at radius 3 is 1.59 bits per heavy atom. The molecule has 0 aromatic heterocycles. The van der Waals surface area contributed by atoms with E-state index in [4.69, 9.17) is 0 Å². The number of benzene rings is 2. The zero-order valence-corrected chi connectivity index (χ0v) is 19.0. The third kappa shape index (κ3) is 5.90. The molecule has 0 bridgehead atoms. The molecule has 0 spiro atoms. The molecule has 2 aromatic rings. The van der Waals surface area contributed by atoms with Gasteiger partial charge < -0.3 is 0 Å². The summed E-state index contributed by atoms with van der Waals surface area (Å²) in [6.45, 7) is 9.11. The largest absolute Gasteiger partial charge is 0.0807 e. The van der Waals surface area contributed by atoms with Crippen molar-refractivity contribution in [1.29, 1.82) is 0 Å². The van der Waals surface area contributed by atoms with Crippen molar-refractivity contribution in [2.45, 2.75) is 90.5 Å². The van der Waals surface area contributed by atoms with Gasteiger partial charge in [0.2, 0.25) is 0 Å². The minimum atomic E-state index is -0.183. The maximum absolute atomic E-state index is 2.45. The van der Waals surface area contributed by atoms with Crippen molar-refractivity contribution in [1.82, 2.24) is 0 Å². The van der Waals surface area contributed by atoms with E-state index in [2.05, 4.69) is 113 Å². The monoisotopic (exact) mass is 498 g/mol. The van der Waals surface area contributed by atoms with Gasteiger partial charge in [0, 0.05) is 5.41 Å². The lowest BCUT2D eigenvalue weighted by Gasteiger charge is -2.32. The van der Waals surface area contributed by atoms with E-state index in [0.29, 0.717) is 0 Å². The minimum Gasteiger partial charge on any atom is -0.0807 e. The molecule has 3 aliphatic rings. The first-order valence-electron chi connectivity index (χ1n) is 11.3. The molecule has 0 radical (unpaired) electrons. The van der Waals surface area contributed by atoms with Gasteiger partial charge in [-0.05, 0) is 85.1 Å². The summed E-state index contributed by atoms with van der Waals surface area (Å²) >= 11 is 0. The van der Waals surface area contributed by atoms with Gasteiger partial charge in [0.15, 0.2) is 0 Å². The van der Waals surface area contributed by atoms with Crippen molar-refractivity contribution >= 4 is 11.1 Å². The fourth-order valence-electron chi connectivity index (χ4n) is 5.42. The average molecular weight is 499 g/mol. The molecular weight excluding hydrogens is 444 g/mol. The van der Waals surface area contributed by atoms with E-state index in [9.17, 15) is 0 Å². The molecule has 0 aliphatic heterocycles. The van der Waals surface area contributed by atoms with Crippen LogP contribution in [0.2, 0.25) is 0 Å². The smallest absolute Gasteiger partial charge is 0.0438 e. The predicted octanol–water partition coefficient (Wildman–Crippen LogP) is 12.0. The first kappa shape index (κ1) is 36.0. The molecule has 0 amide bonds. The SMILES string of the molecule is C.C.C.C.C.C.CC1=CCC=CC=C1c1ccc(C)cc1C1(C)C2=CCC=CC=C2c2ccc(C)cc21. The summed E-state index contributed by atoms with van der Waals surface area (Å²) in [4.78, 5) is 0. The molecule has 0 fully saturated rings. The molecule has 0 nitrogen and oxygen atoms in total. The Morgan fingerprint density at radius 1 is 0.595 bits per heavy atom. The fraction of sp³-hybridized carbons (Fsp3) is 0.351. The topological polar surface area (TPSA) is 0 Å². The van der Waals surface area contributed by atoms with Crippen LogP contribution in [0.25, 0.3) is 11.1 Å². The first-order chi connectivity index (χ1) is 15.0. The maximum atomic E-state index is 2.45. The highest BCUT2D eigenvalue weighted by Crippen LogP contribution is 2.55. The van der Waals surface area contributed by atoms with Crippen LogP contribution in [-0.2, 0) is 5.41 Å². The molecular formula is C37H54. The Hall–Kier alpha value is -3.12. The Balaban J connectivity index is 0. The van der Waals surface area contributed by atoms with Crippen molar-refractivity contribution in [3.05, 3.63) is 130 Å². The summed E-state index contributed by atoms with van der Waals surface area (Å²) in [6, 6.07) is 14.0. The highest BCUT2D eigenvalue weighted by molar-refractivity contribution is 5.94. The summed E-state index contributed by atoms with van der Waals surface area (Å²) in [5, 5.41) is 0. The van der Waals surface area contributed by atoms with Crippen molar-refractivity contribution in [2.24, 2.45) is 0 Å². The third-order valence-corrected chi connectivity index (χ3v) is 7.08. The Bertz CT molecular complexity index is 1250. The number of fused-ring (bicyclic) bond motifs is 3. The lowest BCUT2D eigenvalue weighted by Crippen LogP contribution is -2.25. The van der Waals surface area contributed by atoms with Gasteiger partial charge in [-0.3, -0.25) is 0 Å². The number of allylic oxidation sites excluding steroid dienone is 12. The summed E-state index contributed by atoms with van der Waals surface area (Å²) in [6.07, 6.45) is 20.3. The normalized spacial score (nSPS) is 18.4. The number of hydrogen-bond acceptors (Lipinski definition) is 0. The highest BCUT2D eigenvalue weighted by atomic mass is 14.5. The van der Waals surface area contributed by atoms with E-state index in [1.165, 1.54) is 55.7 Å². The molecule has 37 heavy (non-hydrogen) atoms. The van der Waals surface area contributed by atoms with Crippen molar-refractivity contribution < 1.29 is 0 Å². The number of hydrogen-bond donors (Lipinski definition) is 0. The van der Waals surface area contributed by atoms with Crippen LogP contribution < -0.4 is 0 Å². The van der Waals surface area contributed by atoms with E-state index in [0.717, 1.165) is 12.8 Å². The van der Waals surface area contributed by atoms with E-state index < -0.39 is 0 Å². The quantitative estimate of drug-likeness (QED) is 0.386. The zero-order valence-electron chi connectivity index (χ0n) is 19.0. The van der Waals surface area contributed by atoms with Gasteiger partial charge in [-0.15, -0.1) is 0 Å². The van der Waals surface area contributed by atoms with Crippen LogP contribution in [0.5, 0.6) is 0 Å². The van der Waals surface area contributed by atoms with Crippen LogP contribution >= 0.6 is 0 Å². The van der Waals surface area contributed by atoms with E-state index in [1.54, 1.807) is 0 Å². The Morgan fingerprint density at radius 2 is 1.05 bits per heavy atom. The van der Waals surface area contributed by atoms with Gasteiger partial charge in [0.25, 0.3) is 0 Å². The molecule has 0 heteroatoms. The van der Waals surface area contributed by atoms with E-state index in [-0.39, 0.29) is 50.0 Å². The second-order valence-corrected chi connectivity index (χ2v) is 9.22. The van der Waals surface area contributed by atoms with Gasteiger partial charge >= 0.3 is 0 Å². The molecule has 0 saturated carbocycles. The molecule has 1 atom stereocenters. The molecule has 1 unspecified atom stereocenters. The van der Waals surface area contributed by atoms with Gasteiger partial charge in [0.1, 0.15) is 0 Å². The van der Waals surface area contributed by atoms with Crippen LogP contribution in [-0.4, -0.2) is 0 Å². The molecule has 0 saturated heterocycles. The summed E-state index contributed by atoms with van der Waals surface area (Å²) in [5.41, 5.74) is 13.5. The zero-order chi connectivity index (χ0) is 21.6. The summed E-state index contributed by atoms with van der Waals surface area (Å²) < 4.78 is 0. The molecule has 202 valence electrons. The molecule has 0 N–H and O–H groups in total. The van der Waals surface area contributed by atoms with Crippen molar-refractivity contribution in [3.63, 3.8) is 0 Å². The van der Waals surface area contributed by atoms with E-state index in [1.807, 2.05) is 0 Å². The lowest BCUT2D eigenvalue weighted by atomic mass is 9.70. The Kier molecular flexibility index (Phi) is 13.6. The maximum Gasteiger partial charge on any atom is 0.0438 e. The van der Waals surface area contributed by atoms with Gasteiger partial charge in [-0.1, -0.05) is 141 Å². The molecule has 2 aromatic carbocycles. The van der Waals surface area contributed by atoms with E-state index >= 15 is 0 Å². The van der Waals surface area contributed by atoms with Crippen LogP contribution in [0, 0.1) is 13.8 Å². The summed E-state index contributed by atoms with van der Waals surface area (Å²) in [5.74, 6) is 0. The molecule has 3 aliphatic carbocycles. The van der Waals surface area contributed by atoms with Gasteiger partial charge in [-0.25, -0.2) is 0 Å². The standard InChI is InChI=1S/C31H30.6CH4/c1-21-15-17-26(24-12-8-5-7-11-23(24)3)29(19-21)31(4)28-14-10-6-9-13-25(28)27-18-16-22(2)20-30(27)31;;;;;;/h5-6,8-9,11-20H,7,10H2,1-4H3;6*1H4. The van der Waals surface area contributed by atoms with Crippen LogP contribution in [0.4, 0.5) is 0 Å². The van der Waals surface area contributed by atoms with Crippen LogP contribution in [0.1, 0.15) is 105 Å². The number of rotatable bonds is 2. The lowest BCUT2D eigenvalue weighted by molar-refractivity contribution is 0.707. The molecule has 5 rings (SSSR count). The third-order valence-electron chi connectivity index (χ3n) is 7.08. The first-order valence-corrected chi connectivity index (χ1v) is 11.3. The van der Waals surface area contributed by atoms with Crippen LogP contribution in [0.3, 0.4) is 0 Å². The van der Waals surface area contributed by atoms with Crippen LogP contribution in [0.15, 0.2) is 96.2 Å². The van der Waals surface area contributed by atoms with Gasteiger partial charge in [0.05, 0.1) is 0 Å². The van der Waals surface area contributed by atoms with Gasteiger partial charge in [-0.2, -0.15) is 0 Å². The summed E-state index contributed by atoms with van der Waals surface area (Å²) in [7, 11) is 0. The minimum absolute atomic E-state index is 0. The Labute approximate surface area is 230 Å².